The monoisotopic (exact) mass is 476 g/mol. The number of aliphatic hydroxyl groups is 1. The van der Waals surface area contributed by atoms with Crippen LogP contribution in [0.15, 0.2) is 0 Å². The molecule has 0 saturated heterocycles. The molecule has 12 N–H and O–H groups in total. The molecule has 5 amide bonds. The number of hydrogen-bond acceptors (Lipinski definition) is 9. The number of aliphatic hydroxyl groups excluding tert-OH is 1. The summed E-state index contributed by atoms with van der Waals surface area (Å²) in [5.41, 5.74) is 15.4. The number of amides is 5. The van der Waals surface area contributed by atoms with Gasteiger partial charge in [-0.25, -0.2) is 4.79 Å². The van der Waals surface area contributed by atoms with Gasteiger partial charge < -0.3 is 48.5 Å². The van der Waals surface area contributed by atoms with Gasteiger partial charge in [0.2, 0.25) is 29.5 Å². The molecule has 16 heteroatoms. The predicted molar refractivity (Wildman–Crippen MR) is 108 cm³/mol. The fraction of sp³-hybridized carbons (Fsp3) is 0.588. The van der Waals surface area contributed by atoms with E-state index in [-0.39, 0.29) is 19.3 Å². The van der Waals surface area contributed by atoms with Crippen LogP contribution in [0.2, 0.25) is 0 Å². The predicted octanol–water partition coefficient (Wildman–Crippen LogP) is -5.15. The average Bonchev–Trinajstić information content (AvgIpc) is 2.70. The number of carbonyl (C=O) groups excluding carboxylic acids is 5. The van der Waals surface area contributed by atoms with E-state index in [0.717, 1.165) is 0 Å². The van der Waals surface area contributed by atoms with Crippen molar-refractivity contribution in [1.82, 2.24) is 16.0 Å². The molecule has 33 heavy (non-hydrogen) atoms. The van der Waals surface area contributed by atoms with Crippen molar-refractivity contribution in [2.24, 2.45) is 17.2 Å². The zero-order valence-corrected chi connectivity index (χ0v) is 17.5. The molecule has 0 aliphatic carbocycles. The molecule has 0 aliphatic heterocycles. The number of primary amides is 2. The normalized spacial score (nSPS) is 14.1. The first-order valence-corrected chi connectivity index (χ1v) is 9.57. The lowest BCUT2D eigenvalue weighted by Crippen LogP contribution is -2.58. The third kappa shape index (κ3) is 12.0. The summed E-state index contributed by atoms with van der Waals surface area (Å²) in [5, 5.41) is 33.5. The molecule has 0 saturated carbocycles. The minimum atomic E-state index is -1.65. The number of carboxylic acid groups (broad SMARTS) is 2. The molecule has 0 bridgehead atoms. The van der Waals surface area contributed by atoms with E-state index in [2.05, 4.69) is 10.6 Å². The SMILES string of the molecule is NC(=O)CCC(NC(=O)C(CCC(N)=O)NC(=O)C(CO)NC(=O)C(N)CC(=O)O)C(=O)O. The van der Waals surface area contributed by atoms with Crippen molar-refractivity contribution in [1.29, 1.82) is 0 Å². The highest BCUT2D eigenvalue weighted by Gasteiger charge is 2.30. The summed E-state index contributed by atoms with van der Waals surface area (Å²) in [7, 11) is 0. The number of rotatable bonds is 16. The smallest absolute Gasteiger partial charge is 0.326 e. The van der Waals surface area contributed by atoms with Gasteiger partial charge in [-0.3, -0.25) is 28.8 Å². The summed E-state index contributed by atoms with van der Waals surface area (Å²) < 4.78 is 0. The Hall–Kier alpha value is -3.79. The lowest BCUT2D eigenvalue weighted by Gasteiger charge is -2.24. The molecule has 0 aliphatic rings. The molecule has 0 fully saturated rings. The average molecular weight is 476 g/mol. The third-order valence-corrected chi connectivity index (χ3v) is 4.15. The highest BCUT2D eigenvalue weighted by atomic mass is 16.4. The largest absolute Gasteiger partial charge is 0.481 e. The molecule has 4 atom stereocenters. The van der Waals surface area contributed by atoms with Gasteiger partial charge in [0.25, 0.3) is 0 Å². The Labute approximate surface area is 187 Å². The van der Waals surface area contributed by atoms with Gasteiger partial charge >= 0.3 is 11.9 Å². The lowest BCUT2D eigenvalue weighted by molar-refractivity contribution is -0.142. The number of carbonyl (C=O) groups is 7. The summed E-state index contributed by atoms with van der Waals surface area (Å²) in [6, 6.07) is -6.23. The van der Waals surface area contributed by atoms with Crippen molar-refractivity contribution < 1.29 is 48.9 Å². The van der Waals surface area contributed by atoms with Crippen LogP contribution in [0.1, 0.15) is 32.1 Å². The van der Waals surface area contributed by atoms with Crippen molar-refractivity contribution in [2.45, 2.75) is 56.3 Å². The highest BCUT2D eigenvalue weighted by molar-refractivity contribution is 5.95. The zero-order chi connectivity index (χ0) is 25.7. The fourth-order valence-corrected chi connectivity index (χ4v) is 2.40. The molecule has 0 aromatic rings. The molecule has 16 nitrogen and oxygen atoms in total. The fourth-order valence-electron chi connectivity index (χ4n) is 2.40. The van der Waals surface area contributed by atoms with Crippen LogP contribution in [0, 0.1) is 0 Å². The maximum absolute atomic E-state index is 12.5. The molecule has 0 heterocycles. The standard InChI is InChI=1S/C17H28N6O10/c18-7(5-13(27)28)14(29)23-10(6-24)16(31)21-8(1-3-11(19)25)15(30)22-9(17(32)33)2-4-12(20)26/h7-10,24H,1-6,18H2,(H2,19,25)(H2,20,26)(H,21,31)(H,22,30)(H,23,29)(H,27,28)(H,32,33). The minimum Gasteiger partial charge on any atom is -0.481 e. The quantitative estimate of drug-likeness (QED) is 0.101. The number of carboxylic acids is 2. The molecule has 0 radical (unpaired) electrons. The Kier molecular flexibility index (Phi) is 12.7. The van der Waals surface area contributed by atoms with Crippen LogP contribution < -0.4 is 33.2 Å². The Morgan fingerprint density at radius 3 is 1.55 bits per heavy atom. The minimum absolute atomic E-state index is 0.344. The second-order valence-corrected chi connectivity index (χ2v) is 6.92. The maximum atomic E-state index is 12.5. The van der Waals surface area contributed by atoms with E-state index >= 15 is 0 Å². The van der Waals surface area contributed by atoms with Gasteiger partial charge in [-0.2, -0.15) is 0 Å². The first kappa shape index (κ1) is 29.2. The van der Waals surface area contributed by atoms with Gasteiger partial charge in [-0.05, 0) is 12.8 Å². The van der Waals surface area contributed by atoms with Crippen molar-refractivity contribution in [2.75, 3.05) is 6.61 Å². The van der Waals surface area contributed by atoms with Crippen molar-refractivity contribution in [3.05, 3.63) is 0 Å². The van der Waals surface area contributed by atoms with Gasteiger partial charge in [0, 0.05) is 12.8 Å². The summed E-state index contributed by atoms with van der Waals surface area (Å²) in [4.78, 5) is 80.8. The van der Waals surface area contributed by atoms with Gasteiger partial charge in [-0.1, -0.05) is 0 Å². The lowest BCUT2D eigenvalue weighted by atomic mass is 10.1. The number of nitrogens with one attached hydrogen (secondary N) is 3. The number of nitrogens with two attached hydrogens (primary N) is 3. The molecular formula is C17H28N6O10. The van der Waals surface area contributed by atoms with Gasteiger partial charge in [0.15, 0.2) is 0 Å². The highest BCUT2D eigenvalue weighted by Crippen LogP contribution is 2.03. The Bertz CT molecular complexity index is 773. The topological polar surface area (TPSA) is 294 Å². The third-order valence-electron chi connectivity index (χ3n) is 4.15. The van der Waals surface area contributed by atoms with Crippen LogP contribution in [0.5, 0.6) is 0 Å². The zero-order valence-electron chi connectivity index (χ0n) is 17.5. The number of aliphatic carboxylic acids is 2. The number of hydrogen-bond donors (Lipinski definition) is 9. The molecule has 0 aromatic carbocycles. The van der Waals surface area contributed by atoms with Crippen molar-refractivity contribution in [3.8, 4) is 0 Å². The first-order chi connectivity index (χ1) is 15.3. The van der Waals surface area contributed by atoms with E-state index in [0.29, 0.717) is 0 Å². The van der Waals surface area contributed by atoms with Gasteiger partial charge in [0.05, 0.1) is 19.1 Å². The Morgan fingerprint density at radius 2 is 1.12 bits per heavy atom. The van der Waals surface area contributed by atoms with E-state index in [1.807, 2.05) is 5.32 Å². The second kappa shape index (κ2) is 14.3. The van der Waals surface area contributed by atoms with Crippen molar-refractivity contribution in [3.63, 3.8) is 0 Å². The summed E-state index contributed by atoms with van der Waals surface area (Å²) in [5.74, 6) is -7.74. The Balaban J connectivity index is 5.36. The summed E-state index contributed by atoms with van der Waals surface area (Å²) in [6.45, 7) is -0.960. The molecule has 0 rings (SSSR count). The van der Waals surface area contributed by atoms with Crippen LogP contribution in [-0.4, -0.2) is 87.6 Å². The molecule has 0 aromatic heterocycles. The van der Waals surface area contributed by atoms with E-state index in [9.17, 15) is 43.8 Å². The molecule has 4 unspecified atom stereocenters. The molecule has 186 valence electrons. The van der Waals surface area contributed by atoms with E-state index in [1.165, 1.54) is 0 Å². The Morgan fingerprint density at radius 1 is 0.697 bits per heavy atom. The second-order valence-electron chi connectivity index (χ2n) is 6.92. The van der Waals surface area contributed by atoms with E-state index < -0.39 is 85.1 Å². The van der Waals surface area contributed by atoms with Crippen LogP contribution in [0.3, 0.4) is 0 Å². The van der Waals surface area contributed by atoms with Crippen LogP contribution in [0.25, 0.3) is 0 Å². The van der Waals surface area contributed by atoms with E-state index in [1.54, 1.807) is 0 Å². The molecular weight excluding hydrogens is 448 g/mol. The summed E-state index contributed by atoms with van der Waals surface area (Å²) >= 11 is 0. The van der Waals surface area contributed by atoms with Crippen LogP contribution >= 0.6 is 0 Å². The van der Waals surface area contributed by atoms with Gasteiger partial charge in [-0.15, -0.1) is 0 Å². The van der Waals surface area contributed by atoms with Gasteiger partial charge in [0.1, 0.15) is 18.1 Å². The van der Waals surface area contributed by atoms with E-state index in [4.69, 9.17) is 22.3 Å². The summed E-state index contributed by atoms with van der Waals surface area (Å²) in [6.07, 6.45) is -2.21. The van der Waals surface area contributed by atoms with Crippen LogP contribution in [0.4, 0.5) is 0 Å². The first-order valence-electron chi connectivity index (χ1n) is 9.57. The maximum Gasteiger partial charge on any atom is 0.326 e. The van der Waals surface area contributed by atoms with Crippen molar-refractivity contribution >= 4 is 41.5 Å². The van der Waals surface area contributed by atoms with Crippen LogP contribution in [-0.2, 0) is 33.6 Å². The molecule has 0 spiro atoms.